The van der Waals surface area contributed by atoms with Crippen molar-refractivity contribution in [3.8, 4) is 11.8 Å². The largest absolute Gasteiger partial charge is 0.486 e. The maximum atomic E-state index is 12.5. The Kier molecular flexibility index (Phi) is 8.06. The summed E-state index contributed by atoms with van der Waals surface area (Å²) in [4.78, 5) is 12.5. The summed E-state index contributed by atoms with van der Waals surface area (Å²) in [5.74, 6) is -0.289. The standard InChI is InChI=1S/C24H16Cl4N2O2/c1-14-2-4-15(5-3-14)13-32-23-21(27)9-16(10-22(23)28)8-17(12-29)24(31)30-18-6-7-19(25)20(26)11-18/h2-11H,13H2,1H3,(H,30,31)/b17-8+. The maximum Gasteiger partial charge on any atom is 0.266 e. The Morgan fingerprint density at radius 2 is 1.62 bits per heavy atom. The number of nitriles is 1. The normalized spacial score (nSPS) is 11.1. The van der Waals surface area contributed by atoms with Crippen molar-refractivity contribution < 1.29 is 9.53 Å². The highest BCUT2D eigenvalue weighted by molar-refractivity contribution is 6.42. The molecule has 32 heavy (non-hydrogen) atoms. The van der Waals surface area contributed by atoms with Gasteiger partial charge in [0.1, 0.15) is 18.2 Å². The second-order valence-corrected chi connectivity index (χ2v) is 8.47. The third-order valence-corrected chi connectivity index (χ3v) is 5.68. The van der Waals surface area contributed by atoms with Crippen LogP contribution in [0.15, 0.2) is 60.2 Å². The van der Waals surface area contributed by atoms with Gasteiger partial charge >= 0.3 is 0 Å². The lowest BCUT2D eigenvalue weighted by molar-refractivity contribution is -0.112. The van der Waals surface area contributed by atoms with Gasteiger partial charge in [-0.05, 0) is 54.5 Å². The van der Waals surface area contributed by atoms with E-state index in [1.54, 1.807) is 24.3 Å². The quantitative estimate of drug-likeness (QED) is 0.275. The molecule has 0 bridgehead atoms. The first kappa shape index (κ1) is 24.0. The molecule has 0 aliphatic rings. The van der Waals surface area contributed by atoms with E-state index in [0.717, 1.165) is 11.1 Å². The number of rotatable bonds is 6. The van der Waals surface area contributed by atoms with Gasteiger partial charge in [0.2, 0.25) is 0 Å². The molecule has 8 heteroatoms. The van der Waals surface area contributed by atoms with Crippen molar-refractivity contribution in [2.45, 2.75) is 13.5 Å². The number of benzene rings is 3. The van der Waals surface area contributed by atoms with Crippen LogP contribution >= 0.6 is 46.4 Å². The molecule has 162 valence electrons. The fraction of sp³-hybridized carbons (Fsp3) is 0.0833. The minimum absolute atomic E-state index is 0.142. The van der Waals surface area contributed by atoms with Crippen LogP contribution in [-0.2, 0) is 11.4 Å². The summed E-state index contributed by atoms with van der Waals surface area (Å²) in [5, 5.41) is 13.2. The Morgan fingerprint density at radius 3 is 2.22 bits per heavy atom. The molecular formula is C24H16Cl4N2O2. The highest BCUT2D eigenvalue weighted by Crippen LogP contribution is 2.35. The van der Waals surface area contributed by atoms with Crippen molar-refractivity contribution >= 4 is 64.1 Å². The average molecular weight is 506 g/mol. The first-order chi connectivity index (χ1) is 15.3. The van der Waals surface area contributed by atoms with Gasteiger partial charge in [0.05, 0.1) is 20.1 Å². The Morgan fingerprint density at radius 1 is 0.969 bits per heavy atom. The van der Waals surface area contributed by atoms with Crippen LogP contribution in [0.4, 0.5) is 5.69 Å². The zero-order valence-corrected chi connectivity index (χ0v) is 19.8. The van der Waals surface area contributed by atoms with Crippen molar-refractivity contribution in [3.05, 3.63) is 97.0 Å². The fourth-order valence-corrected chi connectivity index (χ4v) is 3.64. The van der Waals surface area contributed by atoms with E-state index in [2.05, 4.69) is 5.32 Å². The van der Waals surface area contributed by atoms with Crippen LogP contribution in [0.25, 0.3) is 6.08 Å². The molecule has 1 N–H and O–H groups in total. The molecule has 1 amide bonds. The highest BCUT2D eigenvalue weighted by atomic mass is 35.5. The van der Waals surface area contributed by atoms with Gasteiger partial charge in [-0.15, -0.1) is 0 Å². The lowest BCUT2D eigenvalue weighted by atomic mass is 10.1. The lowest BCUT2D eigenvalue weighted by Gasteiger charge is -2.11. The van der Waals surface area contributed by atoms with E-state index >= 15 is 0 Å². The maximum absolute atomic E-state index is 12.5. The Balaban J connectivity index is 1.77. The number of nitrogens with one attached hydrogen (secondary N) is 1. The number of amides is 1. The van der Waals surface area contributed by atoms with Gasteiger partial charge < -0.3 is 10.1 Å². The molecule has 0 saturated carbocycles. The summed E-state index contributed by atoms with van der Waals surface area (Å²) in [6.07, 6.45) is 1.38. The monoisotopic (exact) mass is 504 g/mol. The topological polar surface area (TPSA) is 62.1 Å². The molecule has 3 aromatic carbocycles. The molecule has 0 atom stereocenters. The first-order valence-corrected chi connectivity index (χ1v) is 10.8. The van der Waals surface area contributed by atoms with Crippen molar-refractivity contribution in [2.75, 3.05) is 5.32 Å². The zero-order chi connectivity index (χ0) is 23.3. The van der Waals surface area contributed by atoms with E-state index in [9.17, 15) is 10.1 Å². The number of anilines is 1. The van der Waals surface area contributed by atoms with Gasteiger partial charge in [0.25, 0.3) is 5.91 Å². The number of hydrogen-bond donors (Lipinski definition) is 1. The van der Waals surface area contributed by atoms with E-state index in [4.69, 9.17) is 51.1 Å². The molecule has 3 rings (SSSR count). The summed E-state index contributed by atoms with van der Waals surface area (Å²) in [7, 11) is 0. The Bertz CT molecular complexity index is 1210. The molecule has 0 aliphatic heterocycles. The molecule has 0 radical (unpaired) electrons. The number of carbonyl (C=O) groups excluding carboxylic acids is 1. The summed E-state index contributed by atoms with van der Waals surface area (Å²) in [6, 6.07) is 17.5. The molecule has 3 aromatic rings. The summed E-state index contributed by atoms with van der Waals surface area (Å²) in [6.45, 7) is 2.30. The van der Waals surface area contributed by atoms with E-state index in [1.807, 2.05) is 37.3 Å². The van der Waals surface area contributed by atoms with Crippen LogP contribution in [0.5, 0.6) is 5.75 Å². The van der Waals surface area contributed by atoms with Crippen molar-refractivity contribution in [1.29, 1.82) is 5.26 Å². The van der Waals surface area contributed by atoms with Gasteiger partial charge in [0, 0.05) is 5.69 Å². The number of ether oxygens (including phenoxy) is 1. The Hall–Kier alpha value is -2.68. The molecule has 0 aliphatic carbocycles. The van der Waals surface area contributed by atoms with Gasteiger partial charge in [-0.1, -0.05) is 76.2 Å². The number of halogens is 4. The molecule has 0 spiro atoms. The smallest absolute Gasteiger partial charge is 0.266 e. The molecular weight excluding hydrogens is 490 g/mol. The number of nitrogens with zero attached hydrogens (tertiary/aromatic N) is 1. The Labute approximate surface area is 205 Å². The SMILES string of the molecule is Cc1ccc(COc2c(Cl)cc(/C=C(\C#N)C(=O)Nc3ccc(Cl)c(Cl)c3)cc2Cl)cc1. The lowest BCUT2D eigenvalue weighted by Crippen LogP contribution is -2.13. The number of hydrogen-bond acceptors (Lipinski definition) is 3. The second kappa shape index (κ2) is 10.8. The van der Waals surface area contributed by atoms with E-state index in [0.29, 0.717) is 28.6 Å². The van der Waals surface area contributed by atoms with Crippen molar-refractivity contribution in [2.24, 2.45) is 0 Å². The van der Waals surface area contributed by atoms with E-state index < -0.39 is 5.91 Å². The molecule has 0 saturated heterocycles. The van der Waals surface area contributed by atoms with Crippen LogP contribution in [0.3, 0.4) is 0 Å². The van der Waals surface area contributed by atoms with Crippen LogP contribution in [0.1, 0.15) is 16.7 Å². The predicted octanol–water partition coefficient (Wildman–Crippen LogP) is 7.73. The summed E-state index contributed by atoms with van der Waals surface area (Å²) in [5.41, 5.74) is 2.86. The van der Waals surface area contributed by atoms with Crippen molar-refractivity contribution in [1.82, 2.24) is 0 Å². The minimum Gasteiger partial charge on any atom is -0.486 e. The van der Waals surface area contributed by atoms with Crippen molar-refractivity contribution in [3.63, 3.8) is 0 Å². The zero-order valence-electron chi connectivity index (χ0n) is 16.8. The van der Waals surface area contributed by atoms with Crippen LogP contribution < -0.4 is 10.1 Å². The third kappa shape index (κ3) is 6.18. The first-order valence-electron chi connectivity index (χ1n) is 9.32. The van der Waals surface area contributed by atoms with Gasteiger partial charge in [-0.25, -0.2) is 0 Å². The number of carbonyl (C=O) groups is 1. The predicted molar refractivity (Wildman–Crippen MR) is 131 cm³/mol. The molecule has 0 fully saturated rings. The van der Waals surface area contributed by atoms with E-state index in [-0.39, 0.29) is 20.6 Å². The van der Waals surface area contributed by atoms with Crippen LogP contribution in [0, 0.1) is 18.3 Å². The van der Waals surface area contributed by atoms with Crippen LogP contribution in [0.2, 0.25) is 20.1 Å². The fourth-order valence-electron chi connectivity index (χ4n) is 2.73. The summed E-state index contributed by atoms with van der Waals surface area (Å²) < 4.78 is 5.77. The molecule has 0 aromatic heterocycles. The highest BCUT2D eigenvalue weighted by Gasteiger charge is 2.14. The molecule has 0 unspecified atom stereocenters. The van der Waals surface area contributed by atoms with Gasteiger partial charge in [-0.2, -0.15) is 5.26 Å². The van der Waals surface area contributed by atoms with Crippen LogP contribution in [-0.4, -0.2) is 5.91 Å². The molecule has 0 heterocycles. The summed E-state index contributed by atoms with van der Waals surface area (Å²) >= 11 is 24.5. The average Bonchev–Trinajstić information content (AvgIpc) is 2.75. The minimum atomic E-state index is -0.613. The third-order valence-electron chi connectivity index (χ3n) is 4.38. The molecule has 4 nitrogen and oxygen atoms in total. The van der Waals surface area contributed by atoms with Gasteiger partial charge in [-0.3, -0.25) is 4.79 Å². The number of aryl methyl sites for hydroxylation is 1. The second-order valence-electron chi connectivity index (χ2n) is 6.84. The van der Waals surface area contributed by atoms with Gasteiger partial charge in [0.15, 0.2) is 5.75 Å². The van der Waals surface area contributed by atoms with E-state index in [1.165, 1.54) is 12.1 Å².